The number of hydrogen-bond acceptors (Lipinski definition) is 5. The van der Waals surface area contributed by atoms with Gasteiger partial charge in [0.15, 0.2) is 0 Å². The summed E-state index contributed by atoms with van der Waals surface area (Å²) in [7, 11) is 0. The summed E-state index contributed by atoms with van der Waals surface area (Å²) in [5.74, 6) is 2.81. The molecule has 1 aromatic heterocycles. The predicted molar refractivity (Wildman–Crippen MR) is 68.1 cm³/mol. The molecule has 0 spiro atoms. The number of hydrogen-bond donors (Lipinski definition) is 1. The van der Waals surface area contributed by atoms with Crippen molar-refractivity contribution in [3.8, 4) is 0 Å². The van der Waals surface area contributed by atoms with Gasteiger partial charge in [-0.1, -0.05) is 0 Å². The number of rotatable bonds is 5. The number of nitrogens with one attached hydrogen (secondary N) is 1. The predicted octanol–water partition coefficient (Wildman–Crippen LogP) is 2.11. The van der Waals surface area contributed by atoms with Crippen LogP contribution in [0.3, 0.4) is 0 Å². The maximum atomic E-state index is 5.79. The Balaban J connectivity index is 1.57. The van der Waals surface area contributed by atoms with Gasteiger partial charge in [-0.3, -0.25) is 0 Å². The fourth-order valence-corrected chi connectivity index (χ4v) is 3.42. The molecule has 1 aliphatic carbocycles. The van der Waals surface area contributed by atoms with Crippen LogP contribution >= 0.6 is 11.8 Å². The summed E-state index contributed by atoms with van der Waals surface area (Å²) in [5, 5.41) is 11.8. The molecule has 3 rings (SSSR count). The van der Waals surface area contributed by atoms with E-state index in [9.17, 15) is 0 Å². The normalized spacial score (nSPS) is 28.8. The van der Waals surface area contributed by atoms with Gasteiger partial charge in [0.05, 0.1) is 4.75 Å². The van der Waals surface area contributed by atoms with Crippen molar-refractivity contribution in [3.05, 3.63) is 11.8 Å². The molecule has 0 radical (unpaired) electrons. The largest absolute Gasteiger partial charge is 0.424 e. The third kappa shape index (κ3) is 2.65. The van der Waals surface area contributed by atoms with Crippen molar-refractivity contribution in [1.82, 2.24) is 15.5 Å². The Hall–Kier alpha value is -0.550. The van der Waals surface area contributed by atoms with Crippen molar-refractivity contribution >= 4 is 11.8 Å². The first-order valence-electron chi connectivity index (χ1n) is 6.46. The summed E-state index contributed by atoms with van der Waals surface area (Å²) in [4.78, 5) is 0. The van der Waals surface area contributed by atoms with Crippen LogP contribution in [0.25, 0.3) is 0 Å². The lowest BCUT2D eigenvalue weighted by Crippen LogP contribution is -2.19. The van der Waals surface area contributed by atoms with Crippen molar-refractivity contribution < 1.29 is 4.42 Å². The highest BCUT2D eigenvalue weighted by Gasteiger charge is 2.36. The van der Waals surface area contributed by atoms with Crippen LogP contribution in [0.15, 0.2) is 4.42 Å². The van der Waals surface area contributed by atoms with Crippen LogP contribution in [-0.2, 0) is 11.2 Å². The van der Waals surface area contributed by atoms with E-state index in [1.54, 1.807) is 0 Å². The van der Waals surface area contributed by atoms with E-state index in [0.29, 0.717) is 0 Å². The quantitative estimate of drug-likeness (QED) is 0.871. The van der Waals surface area contributed by atoms with Crippen molar-refractivity contribution in [2.24, 2.45) is 0 Å². The second kappa shape index (κ2) is 4.61. The van der Waals surface area contributed by atoms with Gasteiger partial charge in [0, 0.05) is 19.0 Å². The van der Waals surface area contributed by atoms with E-state index < -0.39 is 0 Å². The molecular formula is C12H19N3OS. The summed E-state index contributed by atoms with van der Waals surface area (Å²) in [5.41, 5.74) is 0. The summed E-state index contributed by atoms with van der Waals surface area (Å²) in [6.45, 7) is 3.17. The molecule has 2 fully saturated rings. The summed E-state index contributed by atoms with van der Waals surface area (Å²) < 4.78 is 5.85. The molecule has 1 saturated carbocycles. The van der Waals surface area contributed by atoms with Gasteiger partial charge in [-0.05, 0) is 38.4 Å². The number of nitrogens with zero attached hydrogens (tertiary/aromatic N) is 2. The monoisotopic (exact) mass is 253 g/mol. The van der Waals surface area contributed by atoms with Gasteiger partial charge in [-0.2, -0.15) is 0 Å². The van der Waals surface area contributed by atoms with E-state index in [0.717, 1.165) is 37.2 Å². The van der Waals surface area contributed by atoms with Gasteiger partial charge in [-0.25, -0.2) is 0 Å². The van der Waals surface area contributed by atoms with Crippen LogP contribution in [-0.4, -0.2) is 28.5 Å². The van der Waals surface area contributed by atoms with E-state index in [2.05, 4.69) is 22.4 Å². The van der Waals surface area contributed by atoms with Crippen LogP contribution in [0.4, 0.5) is 0 Å². The Morgan fingerprint density at radius 1 is 1.47 bits per heavy atom. The molecule has 94 valence electrons. The topological polar surface area (TPSA) is 51.0 Å². The molecule has 1 atom stereocenters. The minimum atomic E-state index is 0.0647. The molecule has 1 unspecified atom stereocenters. The van der Waals surface area contributed by atoms with Crippen LogP contribution in [0.1, 0.15) is 44.4 Å². The minimum absolute atomic E-state index is 0.0647. The molecule has 1 aliphatic heterocycles. The zero-order valence-electron chi connectivity index (χ0n) is 10.2. The Morgan fingerprint density at radius 3 is 3.06 bits per heavy atom. The molecule has 0 bridgehead atoms. The molecule has 2 heterocycles. The molecular weight excluding hydrogens is 234 g/mol. The average Bonchev–Trinajstić information content (AvgIpc) is 2.83. The molecule has 1 saturated heterocycles. The van der Waals surface area contributed by atoms with Crippen molar-refractivity contribution in [3.63, 3.8) is 0 Å². The zero-order chi connectivity index (χ0) is 11.7. The molecule has 2 aliphatic rings. The molecule has 1 aromatic rings. The van der Waals surface area contributed by atoms with Crippen LogP contribution in [0.5, 0.6) is 0 Å². The van der Waals surface area contributed by atoms with Crippen molar-refractivity contribution in [2.45, 2.75) is 49.8 Å². The minimum Gasteiger partial charge on any atom is -0.424 e. The molecule has 0 amide bonds. The van der Waals surface area contributed by atoms with E-state index in [-0.39, 0.29) is 4.75 Å². The SMILES string of the molecule is CC1(c2nnc(CCNC3CC3)o2)CCCS1. The van der Waals surface area contributed by atoms with Gasteiger partial charge in [-0.15, -0.1) is 22.0 Å². The lowest BCUT2D eigenvalue weighted by Gasteiger charge is -2.16. The second-order valence-corrected chi connectivity index (χ2v) is 6.76. The van der Waals surface area contributed by atoms with E-state index >= 15 is 0 Å². The van der Waals surface area contributed by atoms with Gasteiger partial charge in [0.2, 0.25) is 11.8 Å². The van der Waals surface area contributed by atoms with E-state index in [4.69, 9.17) is 4.42 Å². The smallest absolute Gasteiger partial charge is 0.232 e. The summed E-state index contributed by atoms with van der Waals surface area (Å²) >= 11 is 1.94. The van der Waals surface area contributed by atoms with Gasteiger partial charge in [0.1, 0.15) is 0 Å². The maximum absolute atomic E-state index is 5.79. The fourth-order valence-electron chi connectivity index (χ4n) is 2.19. The highest BCUT2D eigenvalue weighted by Crippen LogP contribution is 2.45. The Morgan fingerprint density at radius 2 is 2.35 bits per heavy atom. The third-order valence-corrected chi connectivity index (χ3v) is 5.00. The summed E-state index contributed by atoms with van der Waals surface area (Å²) in [6.07, 6.45) is 5.90. The number of aromatic nitrogens is 2. The first-order valence-corrected chi connectivity index (χ1v) is 7.45. The molecule has 0 aromatic carbocycles. The molecule has 1 N–H and O–H groups in total. The lowest BCUT2D eigenvalue weighted by molar-refractivity contribution is 0.398. The fraction of sp³-hybridized carbons (Fsp3) is 0.833. The number of thioether (sulfide) groups is 1. The Labute approximate surface area is 106 Å². The average molecular weight is 253 g/mol. The molecule has 5 heteroatoms. The van der Waals surface area contributed by atoms with Crippen molar-refractivity contribution in [2.75, 3.05) is 12.3 Å². The van der Waals surface area contributed by atoms with Gasteiger partial charge >= 0.3 is 0 Å². The van der Waals surface area contributed by atoms with Gasteiger partial charge in [0.25, 0.3) is 0 Å². The first kappa shape index (κ1) is 11.5. The van der Waals surface area contributed by atoms with Crippen molar-refractivity contribution in [1.29, 1.82) is 0 Å². The first-order chi connectivity index (χ1) is 8.26. The second-order valence-electron chi connectivity index (χ2n) is 5.16. The zero-order valence-corrected chi connectivity index (χ0v) is 11.1. The van der Waals surface area contributed by atoms with E-state index in [1.165, 1.54) is 25.0 Å². The molecule has 17 heavy (non-hydrogen) atoms. The molecule has 4 nitrogen and oxygen atoms in total. The third-order valence-electron chi connectivity index (χ3n) is 3.49. The van der Waals surface area contributed by atoms with Gasteiger partial charge < -0.3 is 9.73 Å². The van der Waals surface area contributed by atoms with E-state index in [1.807, 2.05) is 11.8 Å². The summed E-state index contributed by atoms with van der Waals surface area (Å²) in [6, 6.07) is 0.750. The van der Waals surface area contributed by atoms with Crippen LogP contribution in [0, 0.1) is 0 Å². The standard InChI is InChI=1S/C12H19N3OS/c1-12(6-2-8-17-12)11-15-14-10(16-11)5-7-13-9-3-4-9/h9,13H,2-8H2,1H3. The maximum Gasteiger partial charge on any atom is 0.232 e. The highest BCUT2D eigenvalue weighted by atomic mass is 32.2. The highest BCUT2D eigenvalue weighted by molar-refractivity contribution is 8.00. The lowest BCUT2D eigenvalue weighted by atomic mass is 10.1. The Bertz CT molecular complexity index is 383. The Kier molecular flexibility index (Phi) is 3.13. The van der Waals surface area contributed by atoms with Crippen LogP contribution in [0.2, 0.25) is 0 Å². The van der Waals surface area contributed by atoms with Crippen LogP contribution < -0.4 is 5.32 Å².